The van der Waals surface area contributed by atoms with Crippen molar-refractivity contribution in [2.24, 2.45) is 0 Å². The van der Waals surface area contributed by atoms with E-state index in [2.05, 4.69) is 0 Å². The maximum absolute atomic E-state index is 11.9. The number of carbonyl (C=O) groups is 3. The number of rotatable bonds is 4. The molecule has 2 aliphatic heterocycles. The van der Waals surface area contributed by atoms with E-state index >= 15 is 0 Å². The second kappa shape index (κ2) is 6.87. The molecule has 1 atom stereocenters. The van der Waals surface area contributed by atoms with Crippen LogP contribution in [0.15, 0.2) is 35.4 Å². The fourth-order valence-electron chi connectivity index (χ4n) is 2.09. The van der Waals surface area contributed by atoms with Gasteiger partial charge in [0.2, 0.25) is 5.91 Å². The molecule has 0 radical (unpaired) electrons. The van der Waals surface area contributed by atoms with Crippen molar-refractivity contribution in [1.82, 2.24) is 4.90 Å². The summed E-state index contributed by atoms with van der Waals surface area (Å²) >= 11 is 1.43. The fourth-order valence-corrected chi connectivity index (χ4v) is 3.18. The topological polar surface area (TPSA) is 86.7 Å². The van der Waals surface area contributed by atoms with Gasteiger partial charge < -0.3 is 14.6 Å². The molecule has 0 aromatic heterocycles. The van der Waals surface area contributed by atoms with Crippen molar-refractivity contribution in [1.29, 1.82) is 0 Å². The Morgan fingerprint density at radius 3 is 2.59 bits per heavy atom. The zero-order valence-electron chi connectivity index (χ0n) is 11.8. The molecule has 1 unspecified atom stereocenters. The van der Waals surface area contributed by atoms with Crippen molar-refractivity contribution in [2.75, 3.05) is 0 Å². The quantitative estimate of drug-likeness (QED) is 0.338. The van der Waals surface area contributed by atoms with Crippen LogP contribution < -0.4 is 34.7 Å². The van der Waals surface area contributed by atoms with E-state index in [-0.39, 0.29) is 58.7 Å². The third-order valence-electron chi connectivity index (χ3n) is 3.27. The average Bonchev–Trinajstić information content (AvgIpc) is 2.82. The van der Waals surface area contributed by atoms with Crippen molar-refractivity contribution in [3.05, 3.63) is 46.5 Å². The van der Waals surface area contributed by atoms with Crippen molar-refractivity contribution < 1.29 is 53.8 Å². The van der Waals surface area contributed by atoms with Crippen LogP contribution in [-0.4, -0.2) is 28.1 Å². The number of fused-ring (bicyclic) bond motifs is 1. The van der Waals surface area contributed by atoms with Gasteiger partial charge in [-0.2, -0.15) is 0 Å². The molecule has 108 valence electrons. The Balaban J connectivity index is 0.00000176. The van der Waals surface area contributed by atoms with Gasteiger partial charge in [-0.3, -0.25) is 9.69 Å². The summed E-state index contributed by atoms with van der Waals surface area (Å²) in [6.45, 7) is 0.0147. The molecule has 2 heterocycles. The maximum atomic E-state index is 11.9. The molecule has 0 spiro atoms. The fraction of sp³-hybridized carbons (Fsp3) is 0.214. The Morgan fingerprint density at radius 1 is 1.32 bits per heavy atom. The molecule has 1 aromatic carbocycles. The van der Waals surface area contributed by atoms with E-state index in [0.717, 1.165) is 0 Å². The Kier molecular flexibility index (Phi) is 5.33. The van der Waals surface area contributed by atoms with Crippen molar-refractivity contribution in [3.8, 4) is 0 Å². The van der Waals surface area contributed by atoms with Gasteiger partial charge >= 0.3 is 35.5 Å². The van der Waals surface area contributed by atoms with Crippen LogP contribution in [0.25, 0.3) is 0 Å². The molecule has 1 fully saturated rings. The summed E-state index contributed by atoms with van der Waals surface area (Å²) in [5, 5.41) is 12.3. The largest absolute Gasteiger partial charge is 1.00 e. The van der Waals surface area contributed by atoms with Crippen molar-refractivity contribution >= 4 is 29.6 Å². The smallest absolute Gasteiger partial charge is 0.545 e. The van der Waals surface area contributed by atoms with E-state index in [9.17, 15) is 19.5 Å². The number of ether oxygens (including phenoxy) is 1. The number of benzene rings is 1. The first-order valence-corrected chi connectivity index (χ1v) is 7.15. The second-order valence-corrected chi connectivity index (χ2v) is 5.67. The third kappa shape index (κ3) is 3.22. The van der Waals surface area contributed by atoms with Crippen LogP contribution in [0.3, 0.4) is 0 Å². The van der Waals surface area contributed by atoms with Gasteiger partial charge in [0.25, 0.3) is 0 Å². The summed E-state index contributed by atoms with van der Waals surface area (Å²) in [5.74, 6) is -1.89. The predicted octanol–water partition coefficient (Wildman–Crippen LogP) is -2.76. The molecule has 0 saturated carbocycles. The zero-order valence-corrected chi connectivity index (χ0v) is 14.6. The van der Waals surface area contributed by atoms with Crippen molar-refractivity contribution in [3.63, 3.8) is 0 Å². The zero-order chi connectivity index (χ0) is 15.0. The van der Waals surface area contributed by atoms with E-state index in [4.69, 9.17) is 4.74 Å². The van der Waals surface area contributed by atoms with E-state index < -0.39 is 11.9 Å². The van der Waals surface area contributed by atoms with Crippen LogP contribution in [0.2, 0.25) is 0 Å². The molecule has 0 bridgehead atoms. The molecule has 0 aliphatic carbocycles. The molecule has 3 rings (SSSR count). The maximum Gasteiger partial charge on any atom is 1.00 e. The van der Waals surface area contributed by atoms with Crippen LogP contribution in [-0.2, 0) is 20.9 Å². The summed E-state index contributed by atoms with van der Waals surface area (Å²) in [5.41, 5.74) is 0.993. The molecule has 1 aromatic rings. The summed E-state index contributed by atoms with van der Waals surface area (Å²) < 4.78 is 5.14. The Bertz CT molecular complexity index is 658. The predicted molar refractivity (Wildman–Crippen MR) is 71.5 cm³/mol. The minimum absolute atomic E-state index is 0. The molecule has 6 nitrogen and oxygen atoms in total. The second-order valence-electron chi connectivity index (χ2n) is 4.62. The minimum atomic E-state index is -1.26. The van der Waals surface area contributed by atoms with Gasteiger partial charge in [0.15, 0.2) is 0 Å². The van der Waals surface area contributed by atoms with Gasteiger partial charge in [-0.15, -0.1) is 11.8 Å². The first-order valence-electron chi connectivity index (χ1n) is 6.21. The molecule has 0 N–H and O–H groups in total. The van der Waals surface area contributed by atoms with Crippen LogP contribution in [0.5, 0.6) is 0 Å². The van der Waals surface area contributed by atoms with Gasteiger partial charge in [-0.25, -0.2) is 4.79 Å². The van der Waals surface area contributed by atoms with Gasteiger partial charge in [-0.1, -0.05) is 24.3 Å². The number of amides is 1. The number of carbonyl (C=O) groups excluding carboxylic acids is 3. The van der Waals surface area contributed by atoms with Gasteiger partial charge in [0.1, 0.15) is 12.3 Å². The normalized spacial score (nSPS) is 18.7. The number of esters is 1. The van der Waals surface area contributed by atoms with E-state index in [1.165, 1.54) is 28.8 Å². The number of hydrogen-bond acceptors (Lipinski definition) is 6. The number of hydrogen-bond donors (Lipinski definition) is 0. The minimum Gasteiger partial charge on any atom is -0.545 e. The van der Waals surface area contributed by atoms with Crippen LogP contribution in [0.4, 0.5) is 0 Å². The van der Waals surface area contributed by atoms with Crippen LogP contribution in [0.1, 0.15) is 22.3 Å². The Morgan fingerprint density at radius 2 is 2.00 bits per heavy atom. The van der Waals surface area contributed by atoms with E-state index in [1.54, 1.807) is 17.5 Å². The number of aromatic carboxylic acids is 1. The number of nitrogens with zero attached hydrogens (tertiary/aromatic N) is 1. The standard InChI is InChI=1S/C14H11NO5S.Na/c16-11-5-12-15(11)10(7-21-12)14(19)20-6-8-1-3-9(4-2-8)13(17)18;/h1-4,7,12H,5-6H2,(H,17,18);/q;+1/p-1. The van der Waals surface area contributed by atoms with Gasteiger partial charge in [0.05, 0.1) is 17.8 Å². The SMILES string of the molecule is O=C(OCc1ccc(C(=O)[O-])cc1)C1=CSC2CC(=O)N12.[Na+]. The average molecular weight is 327 g/mol. The first kappa shape index (κ1) is 17.1. The molecule has 1 amide bonds. The Hall–Kier alpha value is -1.28. The molecular weight excluding hydrogens is 317 g/mol. The van der Waals surface area contributed by atoms with Crippen LogP contribution >= 0.6 is 11.8 Å². The summed E-state index contributed by atoms with van der Waals surface area (Å²) in [6, 6.07) is 5.87. The monoisotopic (exact) mass is 327 g/mol. The summed E-state index contributed by atoms with van der Waals surface area (Å²) in [6.07, 6.45) is 0.447. The number of carboxylic acids is 1. The molecule has 1 saturated heterocycles. The number of β-lactam (4-membered cyclic amide) rings is 1. The van der Waals surface area contributed by atoms with E-state index in [1.807, 2.05) is 0 Å². The summed E-state index contributed by atoms with van der Waals surface area (Å²) in [4.78, 5) is 35.4. The first-order chi connectivity index (χ1) is 10.1. The Labute approximate surface area is 152 Å². The third-order valence-corrected chi connectivity index (χ3v) is 4.32. The van der Waals surface area contributed by atoms with E-state index in [0.29, 0.717) is 12.0 Å². The molecule has 2 aliphatic rings. The number of carboxylic acid groups (broad SMARTS) is 1. The molecule has 8 heteroatoms. The molecule has 22 heavy (non-hydrogen) atoms. The van der Waals surface area contributed by atoms with Crippen LogP contribution in [0, 0.1) is 0 Å². The number of thioether (sulfide) groups is 1. The summed E-state index contributed by atoms with van der Waals surface area (Å²) in [7, 11) is 0. The van der Waals surface area contributed by atoms with Gasteiger partial charge in [-0.05, 0) is 11.1 Å². The molecular formula is C14H10NNaO5S. The van der Waals surface area contributed by atoms with Crippen molar-refractivity contribution in [2.45, 2.75) is 18.4 Å². The van der Waals surface area contributed by atoms with Gasteiger partial charge in [0, 0.05) is 5.41 Å².